The highest BCUT2D eigenvalue weighted by Crippen LogP contribution is 2.14. The zero-order valence-corrected chi connectivity index (χ0v) is 10.0. The molecule has 0 aliphatic carbocycles. The number of aryl methyl sites for hydroxylation is 1. The molecule has 0 fully saturated rings. The van der Waals surface area contributed by atoms with Gasteiger partial charge in [0.1, 0.15) is 0 Å². The Hall–Kier alpha value is -2.09. The average molecular weight is 225 g/mol. The summed E-state index contributed by atoms with van der Waals surface area (Å²) in [6, 6.07) is 15.2. The van der Waals surface area contributed by atoms with Crippen molar-refractivity contribution in [2.24, 2.45) is 0 Å². The van der Waals surface area contributed by atoms with E-state index in [1.165, 1.54) is 0 Å². The largest absolute Gasteiger partial charge is 0.388 e. The fraction of sp³-hybridized carbons (Fsp3) is 0.133. The maximum atomic E-state index is 12.2. The number of rotatable bonds is 3. The molecule has 0 radical (unpaired) electrons. The van der Waals surface area contributed by atoms with Crippen LogP contribution >= 0.6 is 0 Å². The molecule has 2 heteroatoms. The number of benzene rings is 2. The van der Waals surface area contributed by atoms with Crippen LogP contribution in [0.5, 0.6) is 0 Å². The number of nitrogens with one attached hydrogen (secondary N) is 1. The minimum absolute atomic E-state index is 0.0575. The van der Waals surface area contributed by atoms with Gasteiger partial charge in [-0.1, -0.05) is 42.0 Å². The Bertz CT molecular complexity index is 529. The molecule has 1 N–H and O–H groups in total. The molecule has 2 nitrogen and oxygen atoms in total. The first-order chi connectivity index (χ1) is 8.20. The first kappa shape index (κ1) is 11.4. The Morgan fingerprint density at radius 2 is 1.71 bits per heavy atom. The molecule has 0 aliphatic heterocycles. The quantitative estimate of drug-likeness (QED) is 0.812. The molecule has 0 unspecified atom stereocenters. The Balaban J connectivity index is 2.33. The summed E-state index contributed by atoms with van der Waals surface area (Å²) in [7, 11) is 1.84. The van der Waals surface area contributed by atoms with Crippen molar-refractivity contribution in [3.63, 3.8) is 0 Å². The first-order valence-corrected chi connectivity index (χ1v) is 5.60. The molecule has 17 heavy (non-hydrogen) atoms. The van der Waals surface area contributed by atoms with Gasteiger partial charge in [0, 0.05) is 23.9 Å². The van der Waals surface area contributed by atoms with Gasteiger partial charge >= 0.3 is 0 Å². The van der Waals surface area contributed by atoms with Gasteiger partial charge in [-0.05, 0) is 19.1 Å². The van der Waals surface area contributed by atoms with Crippen LogP contribution in [-0.4, -0.2) is 12.8 Å². The minimum Gasteiger partial charge on any atom is -0.388 e. The third kappa shape index (κ3) is 2.53. The highest BCUT2D eigenvalue weighted by atomic mass is 16.1. The number of carbonyl (C=O) groups is 1. The van der Waals surface area contributed by atoms with E-state index < -0.39 is 0 Å². The molecule has 0 saturated carbocycles. The lowest BCUT2D eigenvalue weighted by Crippen LogP contribution is -2.02. The van der Waals surface area contributed by atoms with Gasteiger partial charge in [0.25, 0.3) is 0 Å². The molecule has 0 amide bonds. The lowest BCUT2D eigenvalue weighted by molar-refractivity contribution is 0.103. The van der Waals surface area contributed by atoms with Gasteiger partial charge in [-0.2, -0.15) is 0 Å². The van der Waals surface area contributed by atoms with Crippen LogP contribution in [0.25, 0.3) is 0 Å². The summed E-state index contributed by atoms with van der Waals surface area (Å²) in [5.74, 6) is 0.0575. The van der Waals surface area contributed by atoms with E-state index in [2.05, 4.69) is 5.32 Å². The second kappa shape index (κ2) is 4.83. The zero-order chi connectivity index (χ0) is 12.3. The number of carbonyl (C=O) groups excluding carboxylic acids is 1. The molecular weight excluding hydrogens is 210 g/mol. The van der Waals surface area contributed by atoms with E-state index >= 15 is 0 Å². The summed E-state index contributed by atoms with van der Waals surface area (Å²) in [5, 5.41) is 3.03. The zero-order valence-electron chi connectivity index (χ0n) is 10.0. The van der Waals surface area contributed by atoms with Crippen LogP contribution in [0, 0.1) is 6.92 Å². The first-order valence-electron chi connectivity index (χ1n) is 5.60. The lowest BCUT2D eigenvalue weighted by atomic mass is 10.0. The van der Waals surface area contributed by atoms with Gasteiger partial charge in [0.05, 0.1) is 0 Å². The van der Waals surface area contributed by atoms with Gasteiger partial charge in [-0.25, -0.2) is 0 Å². The van der Waals surface area contributed by atoms with Crippen molar-refractivity contribution in [3.8, 4) is 0 Å². The maximum absolute atomic E-state index is 12.2. The maximum Gasteiger partial charge on any atom is 0.193 e. The smallest absolute Gasteiger partial charge is 0.193 e. The monoisotopic (exact) mass is 225 g/mol. The number of hydrogen-bond donors (Lipinski definition) is 1. The summed E-state index contributed by atoms with van der Waals surface area (Å²) in [6.07, 6.45) is 0. The molecule has 0 heterocycles. The van der Waals surface area contributed by atoms with Crippen molar-refractivity contribution in [1.82, 2.24) is 0 Å². The standard InChI is InChI=1S/C15H15NO/c1-11-6-8-12(9-7-11)15(17)13-4-3-5-14(10-13)16-2/h3-10,16H,1-2H3. The Morgan fingerprint density at radius 1 is 1.00 bits per heavy atom. The highest BCUT2D eigenvalue weighted by Gasteiger charge is 2.08. The summed E-state index contributed by atoms with van der Waals surface area (Å²) in [5.41, 5.74) is 3.54. The molecule has 2 rings (SSSR count). The molecule has 0 aromatic heterocycles. The predicted octanol–water partition coefficient (Wildman–Crippen LogP) is 3.27. The molecule has 0 bridgehead atoms. The summed E-state index contributed by atoms with van der Waals surface area (Å²) in [4.78, 5) is 12.2. The normalized spacial score (nSPS) is 10.0. The number of ketones is 1. The van der Waals surface area contributed by atoms with Crippen LogP contribution in [0.4, 0.5) is 5.69 Å². The van der Waals surface area contributed by atoms with Crippen LogP contribution in [0.1, 0.15) is 21.5 Å². The van der Waals surface area contributed by atoms with Crippen molar-refractivity contribution in [3.05, 3.63) is 65.2 Å². The van der Waals surface area contributed by atoms with Crippen molar-refractivity contribution < 1.29 is 4.79 Å². The lowest BCUT2D eigenvalue weighted by Gasteiger charge is -2.04. The second-order valence-corrected chi connectivity index (χ2v) is 4.03. The molecule has 0 saturated heterocycles. The second-order valence-electron chi connectivity index (χ2n) is 4.03. The van der Waals surface area contributed by atoms with E-state index in [0.29, 0.717) is 5.56 Å². The molecular formula is C15H15NO. The van der Waals surface area contributed by atoms with Crippen molar-refractivity contribution in [2.75, 3.05) is 12.4 Å². The topological polar surface area (TPSA) is 29.1 Å². The van der Waals surface area contributed by atoms with E-state index in [0.717, 1.165) is 16.8 Å². The van der Waals surface area contributed by atoms with Gasteiger partial charge in [0.15, 0.2) is 5.78 Å². The Morgan fingerprint density at radius 3 is 2.35 bits per heavy atom. The van der Waals surface area contributed by atoms with Gasteiger partial charge < -0.3 is 5.32 Å². The number of hydrogen-bond acceptors (Lipinski definition) is 2. The summed E-state index contributed by atoms with van der Waals surface area (Å²) in [6.45, 7) is 2.01. The molecule has 2 aromatic rings. The molecule has 0 spiro atoms. The van der Waals surface area contributed by atoms with Gasteiger partial charge in [-0.15, -0.1) is 0 Å². The fourth-order valence-corrected chi connectivity index (χ4v) is 1.69. The average Bonchev–Trinajstić information content (AvgIpc) is 2.39. The SMILES string of the molecule is CNc1cccc(C(=O)c2ccc(C)cc2)c1. The third-order valence-corrected chi connectivity index (χ3v) is 2.73. The Kier molecular flexibility index (Phi) is 3.24. The summed E-state index contributed by atoms with van der Waals surface area (Å²) < 4.78 is 0. The van der Waals surface area contributed by atoms with Gasteiger partial charge in [-0.3, -0.25) is 4.79 Å². The van der Waals surface area contributed by atoms with Crippen molar-refractivity contribution in [2.45, 2.75) is 6.92 Å². The van der Waals surface area contributed by atoms with Crippen LogP contribution in [-0.2, 0) is 0 Å². The van der Waals surface area contributed by atoms with Crippen LogP contribution in [0.3, 0.4) is 0 Å². The molecule has 2 aromatic carbocycles. The predicted molar refractivity (Wildman–Crippen MR) is 70.6 cm³/mol. The van der Waals surface area contributed by atoms with Gasteiger partial charge in [0.2, 0.25) is 0 Å². The molecule has 86 valence electrons. The summed E-state index contributed by atoms with van der Waals surface area (Å²) >= 11 is 0. The minimum atomic E-state index is 0.0575. The van der Waals surface area contributed by atoms with E-state index in [9.17, 15) is 4.79 Å². The number of anilines is 1. The van der Waals surface area contributed by atoms with E-state index in [4.69, 9.17) is 0 Å². The molecule has 0 aliphatic rings. The molecule has 0 atom stereocenters. The van der Waals surface area contributed by atoms with E-state index in [1.54, 1.807) is 0 Å². The van der Waals surface area contributed by atoms with Crippen molar-refractivity contribution >= 4 is 11.5 Å². The van der Waals surface area contributed by atoms with Crippen LogP contribution in [0.2, 0.25) is 0 Å². The van der Waals surface area contributed by atoms with Crippen LogP contribution in [0.15, 0.2) is 48.5 Å². The fourth-order valence-electron chi connectivity index (χ4n) is 1.69. The Labute approximate surface area is 101 Å². The van der Waals surface area contributed by atoms with E-state index in [1.807, 2.05) is 62.5 Å². The van der Waals surface area contributed by atoms with E-state index in [-0.39, 0.29) is 5.78 Å². The van der Waals surface area contributed by atoms with Crippen molar-refractivity contribution in [1.29, 1.82) is 0 Å². The van der Waals surface area contributed by atoms with Crippen LogP contribution < -0.4 is 5.32 Å². The third-order valence-electron chi connectivity index (χ3n) is 2.73. The highest BCUT2D eigenvalue weighted by molar-refractivity contribution is 6.09.